The molecule has 24 heavy (non-hydrogen) atoms. The van der Waals surface area contributed by atoms with Crippen molar-refractivity contribution in [3.05, 3.63) is 54.1 Å². The molecule has 2 amide bonds. The Balaban J connectivity index is 1.80. The number of nitrogens with one attached hydrogen (secondary N) is 2. The number of amides is 2. The fourth-order valence-electron chi connectivity index (χ4n) is 2.34. The van der Waals surface area contributed by atoms with Crippen molar-refractivity contribution in [1.29, 1.82) is 0 Å². The molecule has 2 aromatic carbocycles. The largest absolute Gasteiger partial charge is 0.493 e. The number of hydrogen-bond acceptors (Lipinski definition) is 3. The molecule has 5 heteroatoms. The van der Waals surface area contributed by atoms with E-state index in [2.05, 4.69) is 24.5 Å². The molecule has 128 valence electrons. The fourth-order valence-corrected chi connectivity index (χ4v) is 2.34. The summed E-state index contributed by atoms with van der Waals surface area (Å²) in [5, 5.41) is 5.67. The maximum Gasteiger partial charge on any atom is 0.319 e. The molecular formula is C19H24N2O3. The molecule has 0 saturated heterocycles. The van der Waals surface area contributed by atoms with Crippen molar-refractivity contribution in [2.45, 2.75) is 19.8 Å². The van der Waals surface area contributed by atoms with Gasteiger partial charge < -0.3 is 20.1 Å². The molecule has 0 radical (unpaired) electrons. The monoisotopic (exact) mass is 328 g/mol. The molecule has 0 atom stereocenters. The summed E-state index contributed by atoms with van der Waals surface area (Å²) in [5.41, 5.74) is 1.94. The van der Waals surface area contributed by atoms with Crippen LogP contribution in [-0.2, 0) is 0 Å². The second-order valence-corrected chi connectivity index (χ2v) is 5.62. The number of anilines is 1. The predicted octanol–water partition coefficient (Wildman–Crippen LogP) is 4.02. The Labute approximate surface area is 143 Å². The van der Waals surface area contributed by atoms with Crippen LogP contribution < -0.4 is 20.1 Å². The summed E-state index contributed by atoms with van der Waals surface area (Å²) >= 11 is 0. The van der Waals surface area contributed by atoms with E-state index in [1.54, 1.807) is 7.11 Å². The van der Waals surface area contributed by atoms with E-state index in [9.17, 15) is 4.79 Å². The van der Waals surface area contributed by atoms with Gasteiger partial charge in [0, 0.05) is 5.69 Å². The molecular weight excluding hydrogens is 304 g/mol. The molecule has 0 aliphatic rings. The smallest absolute Gasteiger partial charge is 0.319 e. The van der Waals surface area contributed by atoms with Gasteiger partial charge in [0.15, 0.2) is 11.5 Å². The van der Waals surface area contributed by atoms with Crippen LogP contribution in [0.4, 0.5) is 10.5 Å². The van der Waals surface area contributed by atoms with E-state index in [1.807, 2.05) is 48.5 Å². The van der Waals surface area contributed by atoms with Crippen LogP contribution in [0.2, 0.25) is 0 Å². The number of ether oxygens (including phenoxy) is 2. The molecule has 0 unspecified atom stereocenters. The van der Waals surface area contributed by atoms with Gasteiger partial charge in [-0.15, -0.1) is 0 Å². The third-order valence-electron chi connectivity index (χ3n) is 3.55. The minimum Gasteiger partial charge on any atom is -0.493 e. The molecule has 0 aliphatic carbocycles. The lowest BCUT2D eigenvalue weighted by Gasteiger charge is -2.14. The molecule has 0 saturated carbocycles. The standard InChI is InChI=1S/C19H24N2O3/c1-14(2)15-8-4-5-9-16(15)21-19(22)20-12-13-24-18-11-7-6-10-17(18)23-3/h4-11,14H,12-13H2,1-3H3,(H2,20,21,22). The molecule has 2 N–H and O–H groups in total. The highest BCUT2D eigenvalue weighted by Gasteiger charge is 2.09. The molecule has 0 heterocycles. The summed E-state index contributed by atoms with van der Waals surface area (Å²) in [4.78, 5) is 12.0. The van der Waals surface area contributed by atoms with Gasteiger partial charge in [0.25, 0.3) is 0 Å². The summed E-state index contributed by atoms with van der Waals surface area (Å²) < 4.78 is 10.8. The van der Waals surface area contributed by atoms with E-state index in [4.69, 9.17) is 9.47 Å². The molecule has 0 spiro atoms. The van der Waals surface area contributed by atoms with Crippen molar-refractivity contribution in [3.8, 4) is 11.5 Å². The summed E-state index contributed by atoms with van der Waals surface area (Å²) in [6, 6.07) is 15.0. The zero-order chi connectivity index (χ0) is 17.4. The van der Waals surface area contributed by atoms with Crippen molar-refractivity contribution in [1.82, 2.24) is 5.32 Å². The van der Waals surface area contributed by atoms with Crippen LogP contribution in [-0.4, -0.2) is 26.3 Å². The number of urea groups is 1. The Kier molecular flexibility index (Phi) is 6.49. The van der Waals surface area contributed by atoms with Crippen LogP contribution in [0, 0.1) is 0 Å². The highest BCUT2D eigenvalue weighted by atomic mass is 16.5. The van der Waals surface area contributed by atoms with Gasteiger partial charge >= 0.3 is 6.03 Å². The van der Waals surface area contributed by atoms with Crippen LogP contribution in [0.3, 0.4) is 0 Å². The highest BCUT2D eigenvalue weighted by molar-refractivity contribution is 5.90. The van der Waals surface area contributed by atoms with E-state index in [0.717, 1.165) is 11.3 Å². The number of carbonyl (C=O) groups is 1. The first-order chi connectivity index (χ1) is 11.6. The van der Waals surface area contributed by atoms with Crippen molar-refractivity contribution in [3.63, 3.8) is 0 Å². The Morgan fingerprint density at radius 1 is 1.04 bits per heavy atom. The van der Waals surface area contributed by atoms with Crippen LogP contribution in [0.15, 0.2) is 48.5 Å². The van der Waals surface area contributed by atoms with Gasteiger partial charge in [-0.2, -0.15) is 0 Å². The quantitative estimate of drug-likeness (QED) is 0.755. The van der Waals surface area contributed by atoms with Crippen LogP contribution in [0.1, 0.15) is 25.3 Å². The lowest BCUT2D eigenvalue weighted by Crippen LogP contribution is -2.32. The van der Waals surface area contributed by atoms with Crippen molar-refractivity contribution in [2.75, 3.05) is 25.6 Å². The number of hydrogen-bond donors (Lipinski definition) is 2. The number of carbonyl (C=O) groups excluding carboxylic acids is 1. The first-order valence-electron chi connectivity index (χ1n) is 8.01. The zero-order valence-corrected chi connectivity index (χ0v) is 14.3. The summed E-state index contributed by atoms with van der Waals surface area (Å²) in [6.45, 7) is 4.95. The van der Waals surface area contributed by atoms with Crippen molar-refractivity contribution >= 4 is 11.7 Å². The Bertz CT molecular complexity index is 671. The highest BCUT2D eigenvalue weighted by Crippen LogP contribution is 2.25. The normalized spacial score (nSPS) is 10.3. The summed E-state index contributed by atoms with van der Waals surface area (Å²) in [5.74, 6) is 1.68. The van der Waals surface area contributed by atoms with E-state index in [1.165, 1.54) is 0 Å². The number of methoxy groups -OCH3 is 1. The topological polar surface area (TPSA) is 59.6 Å². The Morgan fingerprint density at radius 3 is 2.42 bits per heavy atom. The second kappa shape index (κ2) is 8.82. The minimum atomic E-state index is -0.244. The minimum absolute atomic E-state index is 0.244. The van der Waals surface area contributed by atoms with Gasteiger partial charge in [-0.05, 0) is 29.7 Å². The van der Waals surface area contributed by atoms with Gasteiger partial charge in [-0.1, -0.05) is 44.2 Å². The fraction of sp³-hybridized carbons (Fsp3) is 0.316. The Morgan fingerprint density at radius 2 is 1.71 bits per heavy atom. The third kappa shape index (κ3) is 4.91. The molecule has 0 fully saturated rings. The van der Waals surface area contributed by atoms with E-state index in [0.29, 0.717) is 30.6 Å². The number of benzene rings is 2. The second-order valence-electron chi connectivity index (χ2n) is 5.62. The maximum atomic E-state index is 12.0. The lowest BCUT2D eigenvalue weighted by atomic mass is 10.0. The first kappa shape index (κ1) is 17.7. The van der Waals surface area contributed by atoms with E-state index in [-0.39, 0.29) is 6.03 Å². The van der Waals surface area contributed by atoms with Gasteiger partial charge in [0.2, 0.25) is 0 Å². The average Bonchev–Trinajstić information content (AvgIpc) is 2.59. The molecule has 5 nitrogen and oxygen atoms in total. The number of para-hydroxylation sites is 3. The zero-order valence-electron chi connectivity index (χ0n) is 14.3. The van der Waals surface area contributed by atoms with Crippen molar-refractivity contribution in [2.24, 2.45) is 0 Å². The van der Waals surface area contributed by atoms with Crippen LogP contribution >= 0.6 is 0 Å². The van der Waals surface area contributed by atoms with Gasteiger partial charge in [0.1, 0.15) is 6.61 Å². The van der Waals surface area contributed by atoms with E-state index >= 15 is 0 Å². The predicted molar refractivity (Wildman–Crippen MR) is 96.0 cm³/mol. The van der Waals surface area contributed by atoms with Crippen molar-refractivity contribution < 1.29 is 14.3 Å². The molecule has 0 bridgehead atoms. The Hall–Kier alpha value is -2.69. The third-order valence-corrected chi connectivity index (χ3v) is 3.55. The van der Waals surface area contributed by atoms with Gasteiger partial charge in [-0.25, -0.2) is 4.79 Å². The maximum absolute atomic E-state index is 12.0. The molecule has 0 aromatic heterocycles. The molecule has 2 aromatic rings. The molecule has 2 rings (SSSR count). The average molecular weight is 328 g/mol. The number of rotatable bonds is 7. The van der Waals surface area contributed by atoms with Gasteiger partial charge in [0.05, 0.1) is 13.7 Å². The van der Waals surface area contributed by atoms with Crippen LogP contribution in [0.5, 0.6) is 11.5 Å². The SMILES string of the molecule is COc1ccccc1OCCNC(=O)Nc1ccccc1C(C)C. The molecule has 0 aliphatic heterocycles. The van der Waals surface area contributed by atoms with Crippen LogP contribution in [0.25, 0.3) is 0 Å². The van der Waals surface area contributed by atoms with Gasteiger partial charge in [-0.3, -0.25) is 0 Å². The lowest BCUT2D eigenvalue weighted by molar-refractivity contribution is 0.246. The summed E-state index contributed by atoms with van der Waals surface area (Å²) in [7, 11) is 1.60. The first-order valence-corrected chi connectivity index (χ1v) is 8.01. The summed E-state index contributed by atoms with van der Waals surface area (Å²) in [6.07, 6.45) is 0. The van der Waals surface area contributed by atoms with E-state index < -0.39 is 0 Å².